The summed E-state index contributed by atoms with van der Waals surface area (Å²) in [6.45, 7) is 7.26. The molecule has 5 nitrogen and oxygen atoms in total. The van der Waals surface area contributed by atoms with Gasteiger partial charge in [0, 0.05) is 19.6 Å². The van der Waals surface area contributed by atoms with Gasteiger partial charge in [-0.15, -0.1) is 11.8 Å². The van der Waals surface area contributed by atoms with Gasteiger partial charge in [0.2, 0.25) is 0 Å². The van der Waals surface area contributed by atoms with Crippen LogP contribution in [-0.4, -0.2) is 58.3 Å². The third kappa shape index (κ3) is 4.47. The monoisotopic (exact) mass is 392 g/mol. The number of thioether (sulfide) groups is 1. The van der Waals surface area contributed by atoms with Gasteiger partial charge >= 0.3 is 5.97 Å². The predicted octanol–water partition coefficient (Wildman–Crippen LogP) is 3.30. The van der Waals surface area contributed by atoms with Crippen LogP contribution in [0.3, 0.4) is 0 Å². The van der Waals surface area contributed by atoms with Crippen LogP contribution in [0.4, 0.5) is 4.39 Å². The van der Waals surface area contributed by atoms with Crippen LogP contribution in [0.1, 0.15) is 19.4 Å². The van der Waals surface area contributed by atoms with E-state index in [2.05, 4.69) is 9.80 Å². The number of hydrogen-bond donors (Lipinski definition) is 1. The van der Waals surface area contributed by atoms with Crippen molar-refractivity contribution in [2.24, 2.45) is 0 Å². The van der Waals surface area contributed by atoms with E-state index in [1.165, 1.54) is 12.1 Å². The largest absolute Gasteiger partial charge is 0.478 e. The predicted molar refractivity (Wildman–Crippen MR) is 105 cm³/mol. The van der Waals surface area contributed by atoms with Crippen LogP contribution < -0.4 is 0 Å². The number of carboxylic acid groups (broad SMARTS) is 1. The van der Waals surface area contributed by atoms with E-state index in [-0.39, 0.29) is 11.2 Å². The molecule has 27 heavy (non-hydrogen) atoms. The van der Waals surface area contributed by atoms with E-state index in [0.717, 1.165) is 35.8 Å². The van der Waals surface area contributed by atoms with Gasteiger partial charge in [0.05, 0.1) is 18.8 Å². The summed E-state index contributed by atoms with van der Waals surface area (Å²) < 4.78 is 18.8. The Morgan fingerprint density at radius 2 is 1.96 bits per heavy atom. The van der Waals surface area contributed by atoms with Gasteiger partial charge in [-0.25, -0.2) is 9.18 Å². The Kier molecular flexibility index (Phi) is 6.44. The number of benzene rings is 1. The fourth-order valence-corrected chi connectivity index (χ4v) is 4.58. The zero-order chi connectivity index (χ0) is 19.4. The highest BCUT2D eigenvalue weighted by Gasteiger charge is 2.35. The minimum atomic E-state index is -0.889. The molecule has 1 aromatic rings. The molecule has 0 radical (unpaired) electrons. The van der Waals surface area contributed by atoms with Gasteiger partial charge in [-0.2, -0.15) is 0 Å². The molecule has 1 fully saturated rings. The molecule has 3 rings (SSSR count). The summed E-state index contributed by atoms with van der Waals surface area (Å²) in [7, 11) is 0. The van der Waals surface area contributed by atoms with E-state index >= 15 is 0 Å². The maximum absolute atomic E-state index is 13.3. The lowest BCUT2D eigenvalue weighted by Gasteiger charge is -2.44. The molecule has 1 saturated heterocycles. The number of allylic oxidation sites excluding steroid dienone is 2. The average molecular weight is 392 g/mol. The summed E-state index contributed by atoms with van der Waals surface area (Å²) >= 11 is 1.61. The molecule has 146 valence electrons. The molecule has 1 aromatic carbocycles. The third-order valence-corrected chi connectivity index (χ3v) is 5.89. The van der Waals surface area contributed by atoms with Crippen LogP contribution in [0.5, 0.6) is 0 Å². The van der Waals surface area contributed by atoms with Crippen LogP contribution in [0.15, 0.2) is 47.3 Å². The van der Waals surface area contributed by atoms with E-state index in [0.29, 0.717) is 25.3 Å². The maximum Gasteiger partial charge on any atom is 0.334 e. The molecule has 2 aliphatic rings. The Hall–Kier alpha value is -1.99. The van der Waals surface area contributed by atoms with Crippen molar-refractivity contribution in [2.75, 3.05) is 32.1 Å². The summed E-state index contributed by atoms with van der Waals surface area (Å²) in [6.07, 6.45) is 1.96. The molecule has 0 aromatic heterocycles. The van der Waals surface area contributed by atoms with Gasteiger partial charge in [0.25, 0.3) is 0 Å². The summed E-state index contributed by atoms with van der Waals surface area (Å²) in [4.78, 5) is 16.3. The number of ether oxygens (including phenoxy) is 1. The molecule has 0 aliphatic carbocycles. The molecule has 1 atom stereocenters. The van der Waals surface area contributed by atoms with Crippen LogP contribution >= 0.6 is 11.8 Å². The maximum atomic E-state index is 13.3. The third-order valence-electron chi connectivity index (χ3n) is 4.75. The average Bonchev–Trinajstić information content (AvgIpc) is 2.66. The highest BCUT2D eigenvalue weighted by Crippen LogP contribution is 2.36. The molecule has 0 spiro atoms. The van der Waals surface area contributed by atoms with Crippen LogP contribution in [0.25, 0.3) is 0 Å². The van der Waals surface area contributed by atoms with Crippen molar-refractivity contribution in [3.63, 3.8) is 0 Å². The van der Waals surface area contributed by atoms with Gasteiger partial charge < -0.3 is 19.6 Å². The van der Waals surface area contributed by atoms with Crippen molar-refractivity contribution in [1.29, 1.82) is 0 Å². The van der Waals surface area contributed by atoms with Gasteiger partial charge in [0.1, 0.15) is 17.0 Å². The van der Waals surface area contributed by atoms with Crippen molar-refractivity contribution < 1.29 is 19.0 Å². The Morgan fingerprint density at radius 3 is 2.56 bits per heavy atom. The van der Waals surface area contributed by atoms with Crippen molar-refractivity contribution in [1.82, 2.24) is 9.80 Å². The number of nitrogens with zero attached hydrogens (tertiary/aromatic N) is 2. The van der Waals surface area contributed by atoms with Crippen molar-refractivity contribution in [2.45, 2.75) is 25.8 Å². The van der Waals surface area contributed by atoms with Crippen molar-refractivity contribution in [3.8, 4) is 0 Å². The number of carboxylic acids is 1. The molecule has 7 heteroatoms. The second-order valence-electron chi connectivity index (χ2n) is 6.57. The first-order chi connectivity index (χ1) is 13.0. The van der Waals surface area contributed by atoms with Gasteiger partial charge in [-0.1, -0.05) is 19.1 Å². The number of hydrogen-bond acceptors (Lipinski definition) is 5. The zero-order valence-corrected chi connectivity index (χ0v) is 16.5. The first kappa shape index (κ1) is 19.8. The minimum absolute atomic E-state index is 0.275. The number of aliphatic carboxylic acids is 1. The lowest BCUT2D eigenvalue weighted by Crippen LogP contribution is -2.47. The number of rotatable bonds is 6. The Labute approximate surface area is 163 Å². The number of carbonyl (C=O) groups is 1. The molecule has 2 aliphatic heterocycles. The fraction of sp³-hybridized carbons (Fsp3) is 0.450. The summed E-state index contributed by atoms with van der Waals surface area (Å²) in [5, 5.41) is 9.52. The lowest BCUT2D eigenvalue weighted by molar-refractivity contribution is -0.133. The molecular formula is C20H25FN2O3S. The SMILES string of the molecule is CCSC1C(C(=O)O)=C(C)C=C(N2CCOCC2)N1Cc1ccc(F)cc1. The first-order valence-electron chi connectivity index (χ1n) is 9.12. The summed E-state index contributed by atoms with van der Waals surface area (Å²) in [5.74, 6) is 0.643. The van der Waals surface area contributed by atoms with Gasteiger partial charge in [-0.3, -0.25) is 0 Å². The minimum Gasteiger partial charge on any atom is -0.478 e. The van der Waals surface area contributed by atoms with Gasteiger partial charge in [-0.05, 0) is 42.0 Å². The van der Waals surface area contributed by atoms with Crippen LogP contribution in [0.2, 0.25) is 0 Å². The second kappa shape index (κ2) is 8.80. The topological polar surface area (TPSA) is 53.0 Å². The van der Waals surface area contributed by atoms with E-state index in [1.54, 1.807) is 23.9 Å². The van der Waals surface area contributed by atoms with E-state index in [9.17, 15) is 14.3 Å². The second-order valence-corrected chi connectivity index (χ2v) is 7.92. The molecule has 1 N–H and O–H groups in total. The van der Waals surface area contributed by atoms with Crippen molar-refractivity contribution >= 4 is 17.7 Å². The van der Waals surface area contributed by atoms with E-state index in [1.807, 2.05) is 19.9 Å². The van der Waals surface area contributed by atoms with Gasteiger partial charge in [0.15, 0.2) is 0 Å². The molecule has 0 bridgehead atoms. The highest BCUT2D eigenvalue weighted by atomic mass is 32.2. The summed E-state index contributed by atoms with van der Waals surface area (Å²) in [6, 6.07) is 6.40. The van der Waals surface area contributed by atoms with Crippen LogP contribution in [-0.2, 0) is 16.1 Å². The smallest absolute Gasteiger partial charge is 0.334 e. The van der Waals surface area contributed by atoms with Crippen molar-refractivity contribution in [3.05, 3.63) is 58.7 Å². The van der Waals surface area contributed by atoms with Crippen LogP contribution in [0, 0.1) is 5.82 Å². The lowest BCUT2D eigenvalue weighted by atomic mass is 10.0. The standard InChI is InChI=1S/C20H25FN2O3S/c1-3-27-19-18(20(24)25)14(2)12-17(22-8-10-26-11-9-22)23(19)13-15-4-6-16(21)7-5-15/h4-7,12,19H,3,8-11,13H2,1-2H3,(H,24,25). The Bertz CT molecular complexity index is 742. The molecule has 0 saturated carbocycles. The molecule has 2 heterocycles. The summed E-state index contributed by atoms with van der Waals surface area (Å²) in [5.41, 5.74) is 2.15. The normalized spacial score (nSPS) is 20.7. The molecule has 1 unspecified atom stereocenters. The first-order valence-corrected chi connectivity index (χ1v) is 10.2. The highest BCUT2D eigenvalue weighted by molar-refractivity contribution is 8.00. The van der Waals surface area contributed by atoms with E-state index in [4.69, 9.17) is 4.74 Å². The Morgan fingerprint density at radius 1 is 1.30 bits per heavy atom. The number of morpholine rings is 1. The fourth-order valence-electron chi connectivity index (χ4n) is 3.45. The Balaban J connectivity index is 2.00. The zero-order valence-electron chi connectivity index (χ0n) is 15.7. The molecule has 0 amide bonds. The quantitative estimate of drug-likeness (QED) is 0.802. The van der Waals surface area contributed by atoms with E-state index < -0.39 is 5.97 Å². The number of halogens is 1. The molecular weight excluding hydrogens is 367 g/mol.